The number of fused-ring (bicyclic) bond motifs is 1. The lowest BCUT2D eigenvalue weighted by molar-refractivity contribution is -0.134. The molecule has 0 bridgehead atoms. The second-order valence-corrected chi connectivity index (χ2v) is 6.61. The summed E-state index contributed by atoms with van der Waals surface area (Å²) in [5, 5.41) is 25.8. The van der Waals surface area contributed by atoms with Gasteiger partial charge in [-0.3, -0.25) is 4.79 Å². The van der Waals surface area contributed by atoms with Gasteiger partial charge < -0.3 is 26.0 Å². The first-order valence-electron chi connectivity index (χ1n) is 9.38. The van der Waals surface area contributed by atoms with E-state index >= 15 is 0 Å². The maximum Gasteiger partial charge on any atom is 0.328 e. The van der Waals surface area contributed by atoms with Crippen molar-refractivity contribution in [1.82, 2.24) is 9.97 Å². The number of carbonyl (C=O) groups is 3. The summed E-state index contributed by atoms with van der Waals surface area (Å²) in [6.45, 7) is 0. The number of carboxylic acid groups (broad SMARTS) is 2. The van der Waals surface area contributed by atoms with Crippen molar-refractivity contribution >= 4 is 28.9 Å². The van der Waals surface area contributed by atoms with E-state index in [1.165, 1.54) is 5.56 Å². The third-order valence-corrected chi connectivity index (χ3v) is 4.21. The van der Waals surface area contributed by atoms with E-state index in [4.69, 9.17) is 15.9 Å². The Morgan fingerprint density at radius 2 is 1.61 bits per heavy atom. The van der Waals surface area contributed by atoms with Gasteiger partial charge in [-0.1, -0.05) is 42.5 Å². The Kier molecular flexibility index (Phi) is 8.47. The van der Waals surface area contributed by atoms with E-state index in [1.54, 1.807) is 6.07 Å². The lowest BCUT2D eigenvalue weighted by Gasteiger charge is -2.08. The summed E-state index contributed by atoms with van der Waals surface area (Å²) in [4.78, 5) is 38.0. The number of aliphatic hydroxyl groups excluding tert-OH is 1. The fraction of sp³-hybridized carbons (Fsp3) is 0.182. The maximum absolute atomic E-state index is 11.0. The van der Waals surface area contributed by atoms with Gasteiger partial charge in [0.2, 0.25) is 5.91 Å². The Bertz CT molecular complexity index is 1060. The molecule has 0 saturated heterocycles. The Balaban J connectivity index is 0.000000366. The third-order valence-electron chi connectivity index (χ3n) is 4.21. The number of nitrogens with zero attached hydrogens (tertiary/aromatic N) is 1. The van der Waals surface area contributed by atoms with Gasteiger partial charge in [-0.2, -0.15) is 0 Å². The molecule has 6 N–H and O–H groups in total. The highest BCUT2D eigenvalue weighted by atomic mass is 16.4. The second-order valence-electron chi connectivity index (χ2n) is 6.61. The maximum atomic E-state index is 11.0. The average Bonchev–Trinajstić information content (AvgIpc) is 3.14. The van der Waals surface area contributed by atoms with Crippen molar-refractivity contribution in [2.24, 2.45) is 5.73 Å². The molecule has 1 atom stereocenters. The molecule has 0 radical (unpaired) electrons. The van der Waals surface area contributed by atoms with Crippen molar-refractivity contribution in [1.29, 1.82) is 0 Å². The summed E-state index contributed by atoms with van der Waals surface area (Å²) in [5.74, 6) is -2.18. The van der Waals surface area contributed by atoms with E-state index in [9.17, 15) is 19.5 Å². The number of aromatic amines is 1. The van der Waals surface area contributed by atoms with Crippen molar-refractivity contribution in [3.8, 4) is 0 Å². The van der Waals surface area contributed by atoms with Crippen molar-refractivity contribution in [3.63, 3.8) is 0 Å². The Labute approximate surface area is 177 Å². The summed E-state index contributed by atoms with van der Waals surface area (Å²) in [5.41, 5.74) is 8.60. The van der Waals surface area contributed by atoms with Gasteiger partial charge in [-0.05, 0) is 18.1 Å². The second kappa shape index (κ2) is 11.3. The van der Waals surface area contributed by atoms with E-state index in [0.29, 0.717) is 23.2 Å². The predicted molar refractivity (Wildman–Crippen MR) is 113 cm³/mol. The molecule has 0 aliphatic rings. The van der Waals surface area contributed by atoms with Crippen LogP contribution in [0.4, 0.5) is 0 Å². The number of imidazole rings is 1. The molecule has 1 amide bonds. The molecule has 0 fully saturated rings. The normalized spacial score (nSPS) is 11.6. The van der Waals surface area contributed by atoms with Gasteiger partial charge in [0.25, 0.3) is 0 Å². The van der Waals surface area contributed by atoms with E-state index in [1.807, 2.05) is 30.3 Å². The summed E-state index contributed by atoms with van der Waals surface area (Å²) in [6, 6.07) is 15.7. The summed E-state index contributed by atoms with van der Waals surface area (Å²) in [6.07, 6.45) is 1.75. The zero-order valence-electron chi connectivity index (χ0n) is 16.6. The van der Waals surface area contributed by atoms with Gasteiger partial charge >= 0.3 is 11.9 Å². The van der Waals surface area contributed by atoms with Crippen LogP contribution < -0.4 is 5.73 Å². The number of primary amides is 1. The van der Waals surface area contributed by atoms with Gasteiger partial charge in [0.15, 0.2) is 0 Å². The van der Waals surface area contributed by atoms with Crippen LogP contribution in [-0.4, -0.2) is 43.1 Å². The molecule has 1 aromatic heterocycles. The molecule has 3 rings (SSSR count). The first-order chi connectivity index (χ1) is 14.8. The largest absolute Gasteiger partial charge is 0.478 e. The van der Waals surface area contributed by atoms with E-state index < -0.39 is 23.9 Å². The zero-order chi connectivity index (χ0) is 22.8. The summed E-state index contributed by atoms with van der Waals surface area (Å²) in [7, 11) is 0. The number of aryl methyl sites for hydroxylation is 2. The summed E-state index contributed by atoms with van der Waals surface area (Å²) >= 11 is 0. The fourth-order valence-corrected chi connectivity index (χ4v) is 2.84. The number of nitrogens with one attached hydrogen (secondary N) is 1. The number of benzene rings is 2. The third kappa shape index (κ3) is 7.75. The van der Waals surface area contributed by atoms with Crippen LogP contribution in [0, 0.1) is 0 Å². The number of rotatable bonds is 8. The number of H-pyrrole nitrogens is 1. The highest BCUT2D eigenvalue weighted by molar-refractivity contribution is 5.89. The van der Waals surface area contributed by atoms with Gasteiger partial charge in [0.1, 0.15) is 5.82 Å². The molecule has 9 nitrogen and oxygen atoms in total. The number of aliphatic carboxylic acids is 2. The minimum Gasteiger partial charge on any atom is -0.478 e. The topological polar surface area (TPSA) is 167 Å². The van der Waals surface area contributed by atoms with Gasteiger partial charge in [-0.25, -0.2) is 14.6 Å². The predicted octanol–water partition coefficient (Wildman–Crippen LogP) is 1.97. The number of carbonyl (C=O) groups excluding carboxylic acids is 1. The van der Waals surface area contributed by atoms with Crippen molar-refractivity contribution in [3.05, 3.63) is 77.6 Å². The number of hydrogen-bond donors (Lipinski definition) is 5. The number of carboxylic acids is 2. The number of nitrogens with two attached hydrogens (primary N) is 1. The minimum atomic E-state index is -1.26. The average molecular weight is 425 g/mol. The Hall–Kier alpha value is -3.98. The molecule has 1 unspecified atom stereocenters. The first-order valence-corrected chi connectivity index (χ1v) is 9.38. The molecule has 0 spiro atoms. The van der Waals surface area contributed by atoms with Gasteiger partial charge in [-0.15, -0.1) is 0 Å². The number of amides is 1. The lowest BCUT2D eigenvalue weighted by Crippen LogP contribution is -2.15. The van der Waals surface area contributed by atoms with E-state index in [2.05, 4.69) is 22.1 Å². The Morgan fingerprint density at radius 1 is 0.968 bits per heavy atom. The molecule has 1 heterocycles. The molecule has 162 valence electrons. The standard InChI is InChI=1S/C18H19N3O2.C4H4O4/c19-16(23)11-15(22)13-7-4-8-14-18(13)21-17(20-14)10-9-12-5-2-1-3-6-12;5-3(6)1-2-4(7)8/h1-8,15,22H,9-11H2,(H2,19,23)(H,20,21);1-2H,(H,5,6)(H,7,8). The van der Waals surface area contributed by atoms with Gasteiger partial charge in [0, 0.05) is 24.1 Å². The lowest BCUT2D eigenvalue weighted by atomic mass is 10.0. The van der Waals surface area contributed by atoms with Crippen molar-refractivity contribution in [2.45, 2.75) is 25.4 Å². The molecule has 0 aliphatic heterocycles. The molecular weight excluding hydrogens is 402 g/mol. The zero-order valence-corrected chi connectivity index (χ0v) is 16.6. The summed E-state index contributed by atoms with van der Waals surface area (Å²) < 4.78 is 0. The van der Waals surface area contributed by atoms with E-state index in [0.717, 1.165) is 24.2 Å². The highest BCUT2D eigenvalue weighted by Gasteiger charge is 2.16. The van der Waals surface area contributed by atoms with Gasteiger partial charge in [0.05, 0.1) is 23.6 Å². The molecular formula is C22H23N3O6. The Morgan fingerprint density at radius 3 is 2.19 bits per heavy atom. The fourth-order valence-electron chi connectivity index (χ4n) is 2.84. The molecule has 31 heavy (non-hydrogen) atoms. The number of aromatic nitrogens is 2. The SMILES string of the molecule is NC(=O)CC(O)c1cccc2[nH]c(CCc3ccccc3)nc12.O=C(O)C=CC(=O)O. The van der Waals surface area contributed by atoms with Crippen LogP contribution in [0.3, 0.4) is 0 Å². The van der Waals surface area contributed by atoms with Crippen LogP contribution in [0.15, 0.2) is 60.7 Å². The van der Waals surface area contributed by atoms with Crippen LogP contribution >= 0.6 is 0 Å². The van der Waals surface area contributed by atoms with E-state index in [-0.39, 0.29) is 6.42 Å². The van der Waals surface area contributed by atoms with Crippen LogP contribution in [0.1, 0.15) is 29.5 Å². The monoisotopic (exact) mass is 425 g/mol. The molecule has 3 aromatic rings. The number of para-hydroxylation sites is 1. The molecule has 2 aromatic carbocycles. The smallest absolute Gasteiger partial charge is 0.328 e. The van der Waals surface area contributed by atoms with Crippen LogP contribution in [0.5, 0.6) is 0 Å². The molecule has 0 saturated carbocycles. The van der Waals surface area contributed by atoms with Crippen LogP contribution in [0.2, 0.25) is 0 Å². The highest BCUT2D eigenvalue weighted by Crippen LogP contribution is 2.25. The first kappa shape index (κ1) is 23.3. The molecule has 0 aliphatic carbocycles. The van der Waals surface area contributed by atoms with Crippen molar-refractivity contribution in [2.75, 3.05) is 0 Å². The minimum absolute atomic E-state index is 0.106. The number of aliphatic hydroxyl groups is 1. The van der Waals surface area contributed by atoms with Crippen LogP contribution in [-0.2, 0) is 27.2 Å². The number of hydrogen-bond acceptors (Lipinski definition) is 5. The molecule has 9 heteroatoms. The van der Waals surface area contributed by atoms with Crippen molar-refractivity contribution < 1.29 is 29.7 Å². The quantitative estimate of drug-likeness (QED) is 0.344. The van der Waals surface area contributed by atoms with Crippen LogP contribution in [0.25, 0.3) is 11.0 Å².